The Kier molecular flexibility index (Phi) is 6.81. The highest BCUT2D eigenvalue weighted by Crippen LogP contribution is 2.34. The minimum absolute atomic E-state index is 0.0184. The van der Waals surface area contributed by atoms with Gasteiger partial charge >= 0.3 is 0 Å². The quantitative estimate of drug-likeness (QED) is 0.476. The number of rotatable bonds is 5. The lowest BCUT2D eigenvalue weighted by molar-refractivity contribution is 0.578. The van der Waals surface area contributed by atoms with Crippen molar-refractivity contribution in [2.45, 2.75) is 50.8 Å². The Morgan fingerprint density at radius 2 is 1.71 bits per heavy atom. The number of thioether (sulfide) groups is 1. The maximum Gasteiger partial charge on any atom is 0.135 e. The molecule has 1 atom stereocenters. The monoisotopic (exact) mass is 436 g/mol. The van der Waals surface area contributed by atoms with Gasteiger partial charge in [0.15, 0.2) is 0 Å². The van der Waals surface area contributed by atoms with Crippen molar-refractivity contribution in [3.63, 3.8) is 0 Å². The van der Waals surface area contributed by atoms with Gasteiger partial charge in [-0.05, 0) is 60.6 Å². The third kappa shape index (κ3) is 5.21. The SMILES string of the molecule is CC(C)SC1=C/C=C(/c2ccc(C3CCC(c4c(F)cccc4F)=N3)cc2)CC/C=N\1. The van der Waals surface area contributed by atoms with E-state index in [0.29, 0.717) is 17.4 Å². The van der Waals surface area contributed by atoms with Crippen LogP contribution in [0.1, 0.15) is 62.3 Å². The summed E-state index contributed by atoms with van der Waals surface area (Å²) in [5, 5.41) is 1.53. The second-order valence-corrected chi connectivity index (χ2v) is 9.66. The third-order valence-corrected chi connectivity index (χ3v) is 6.38. The first-order chi connectivity index (χ1) is 15.0. The van der Waals surface area contributed by atoms with Gasteiger partial charge in [-0.1, -0.05) is 50.3 Å². The zero-order valence-corrected chi connectivity index (χ0v) is 18.6. The average Bonchev–Trinajstić information content (AvgIpc) is 3.20. The molecule has 0 saturated heterocycles. The normalized spacial score (nSPS) is 23.4. The molecule has 160 valence electrons. The van der Waals surface area contributed by atoms with E-state index in [-0.39, 0.29) is 11.6 Å². The van der Waals surface area contributed by atoms with E-state index in [1.807, 2.05) is 6.21 Å². The van der Waals surface area contributed by atoms with Crippen molar-refractivity contribution < 1.29 is 8.78 Å². The minimum atomic E-state index is -0.544. The van der Waals surface area contributed by atoms with Crippen molar-refractivity contribution in [1.82, 2.24) is 0 Å². The molecule has 0 aromatic heterocycles. The van der Waals surface area contributed by atoms with Crippen LogP contribution in [0.15, 0.2) is 69.6 Å². The number of halogens is 2. The van der Waals surface area contributed by atoms with Crippen LogP contribution in [-0.4, -0.2) is 17.2 Å². The van der Waals surface area contributed by atoms with Gasteiger partial charge in [0, 0.05) is 17.2 Å². The van der Waals surface area contributed by atoms with Crippen LogP contribution in [-0.2, 0) is 0 Å². The van der Waals surface area contributed by atoms with Gasteiger partial charge in [-0.15, -0.1) is 11.8 Å². The van der Waals surface area contributed by atoms with E-state index < -0.39 is 11.6 Å². The number of nitrogens with zero attached hydrogens (tertiary/aromatic N) is 2. The highest BCUT2D eigenvalue weighted by atomic mass is 32.2. The van der Waals surface area contributed by atoms with Gasteiger partial charge in [-0.2, -0.15) is 0 Å². The Morgan fingerprint density at radius 1 is 0.968 bits per heavy atom. The second kappa shape index (κ2) is 9.73. The summed E-state index contributed by atoms with van der Waals surface area (Å²) in [4.78, 5) is 9.20. The molecule has 2 aromatic carbocycles. The lowest BCUT2D eigenvalue weighted by Gasteiger charge is -2.12. The largest absolute Gasteiger partial charge is 0.281 e. The summed E-state index contributed by atoms with van der Waals surface area (Å²) in [5.41, 5.74) is 4.09. The van der Waals surface area contributed by atoms with Crippen LogP contribution in [0, 0.1) is 11.6 Å². The number of hydrogen-bond donors (Lipinski definition) is 0. The first-order valence-corrected chi connectivity index (χ1v) is 11.6. The minimum Gasteiger partial charge on any atom is -0.281 e. The van der Waals surface area contributed by atoms with E-state index >= 15 is 0 Å². The Hall–Kier alpha value is -2.53. The average molecular weight is 437 g/mol. The Morgan fingerprint density at radius 3 is 2.42 bits per heavy atom. The molecular weight excluding hydrogens is 410 g/mol. The number of hydrogen-bond acceptors (Lipinski definition) is 3. The number of allylic oxidation sites excluding steroid dienone is 3. The smallest absolute Gasteiger partial charge is 0.135 e. The molecule has 4 rings (SSSR count). The maximum absolute atomic E-state index is 14.1. The molecule has 0 aliphatic carbocycles. The number of benzene rings is 2. The van der Waals surface area contributed by atoms with E-state index in [9.17, 15) is 8.78 Å². The summed E-state index contributed by atoms with van der Waals surface area (Å²) in [7, 11) is 0. The fourth-order valence-electron chi connectivity index (χ4n) is 3.94. The predicted molar refractivity (Wildman–Crippen MR) is 128 cm³/mol. The standard InChI is InChI=1S/C26H26F2N2S/c1-17(2)31-25-15-12-18(5-4-16-29-25)19-8-10-20(11-9-19)23-13-14-24(30-23)26-21(27)6-3-7-22(26)28/h3,6-12,15-17,23H,4-5,13-14H2,1-2H3/b18-12+,25-15+,29-16-. The molecule has 5 heteroatoms. The summed E-state index contributed by atoms with van der Waals surface area (Å²) in [6.45, 7) is 4.33. The molecule has 0 radical (unpaired) electrons. The second-order valence-electron chi connectivity index (χ2n) is 8.06. The van der Waals surface area contributed by atoms with Crippen molar-refractivity contribution in [2.24, 2.45) is 9.98 Å². The lowest BCUT2D eigenvalue weighted by atomic mass is 9.96. The zero-order chi connectivity index (χ0) is 21.8. The van der Waals surface area contributed by atoms with E-state index in [0.717, 1.165) is 29.9 Å². The molecule has 2 aliphatic rings. The first-order valence-electron chi connectivity index (χ1n) is 10.7. The Balaban J connectivity index is 1.53. The van der Waals surface area contributed by atoms with E-state index in [1.54, 1.807) is 11.8 Å². The summed E-state index contributed by atoms with van der Waals surface area (Å²) >= 11 is 1.77. The Bertz CT molecular complexity index is 1050. The van der Waals surface area contributed by atoms with Gasteiger partial charge in [-0.3, -0.25) is 9.98 Å². The van der Waals surface area contributed by atoms with Crippen molar-refractivity contribution in [2.75, 3.05) is 0 Å². The molecular formula is C26H26F2N2S. The zero-order valence-electron chi connectivity index (χ0n) is 17.8. The van der Waals surface area contributed by atoms with Gasteiger partial charge in [0.2, 0.25) is 0 Å². The number of aliphatic imine (C=N–C) groups is 2. The molecule has 0 bridgehead atoms. The van der Waals surface area contributed by atoms with Crippen LogP contribution in [0.5, 0.6) is 0 Å². The highest BCUT2D eigenvalue weighted by molar-refractivity contribution is 8.03. The van der Waals surface area contributed by atoms with Crippen molar-refractivity contribution >= 4 is 29.3 Å². The summed E-state index contributed by atoms with van der Waals surface area (Å²) in [5.74, 6) is -1.09. The van der Waals surface area contributed by atoms with Gasteiger partial charge in [0.05, 0.1) is 16.6 Å². The molecule has 31 heavy (non-hydrogen) atoms. The van der Waals surface area contributed by atoms with Crippen LogP contribution in [0.3, 0.4) is 0 Å². The van der Waals surface area contributed by atoms with Crippen LogP contribution >= 0.6 is 11.8 Å². The van der Waals surface area contributed by atoms with E-state index in [2.05, 4.69) is 60.2 Å². The lowest BCUT2D eigenvalue weighted by Crippen LogP contribution is -2.03. The molecule has 2 aliphatic heterocycles. The van der Waals surface area contributed by atoms with Crippen LogP contribution in [0.25, 0.3) is 5.57 Å². The van der Waals surface area contributed by atoms with E-state index in [1.165, 1.54) is 29.3 Å². The first kappa shape index (κ1) is 21.7. The summed E-state index contributed by atoms with van der Waals surface area (Å²) < 4.78 is 28.2. The van der Waals surface area contributed by atoms with Gasteiger partial charge in [-0.25, -0.2) is 8.78 Å². The van der Waals surface area contributed by atoms with Crippen LogP contribution < -0.4 is 0 Å². The topological polar surface area (TPSA) is 24.7 Å². The molecule has 2 heterocycles. The van der Waals surface area contributed by atoms with Crippen molar-refractivity contribution in [1.29, 1.82) is 0 Å². The molecule has 0 amide bonds. The molecule has 0 saturated carbocycles. The maximum atomic E-state index is 14.1. The van der Waals surface area contributed by atoms with Crippen molar-refractivity contribution in [3.05, 3.63) is 88.0 Å². The third-order valence-electron chi connectivity index (χ3n) is 5.43. The van der Waals surface area contributed by atoms with Crippen molar-refractivity contribution in [3.8, 4) is 0 Å². The summed E-state index contributed by atoms with van der Waals surface area (Å²) in [6.07, 6.45) is 9.46. The fraction of sp³-hybridized carbons (Fsp3) is 0.308. The predicted octanol–water partition coefficient (Wildman–Crippen LogP) is 7.52. The molecule has 0 spiro atoms. The summed E-state index contributed by atoms with van der Waals surface area (Å²) in [6, 6.07) is 12.3. The van der Waals surface area contributed by atoms with Crippen LogP contribution in [0.4, 0.5) is 8.78 Å². The Labute approximate surface area is 186 Å². The molecule has 1 unspecified atom stereocenters. The van der Waals surface area contributed by atoms with Gasteiger partial charge in [0.1, 0.15) is 11.6 Å². The highest BCUT2D eigenvalue weighted by Gasteiger charge is 2.24. The molecule has 0 fully saturated rings. The fourth-order valence-corrected chi connectivity index (χ4v) is 4.70. The molecule has 0 N–H and O–H groups in total. The van der Waals surface area contributed by atoms with Gasteiger partial charge < -0.3 is 0 Å². The van der Waals surface area contributed by atoms with Gasteiger partial charge in [0.25, 0.3) is 0 Å². The molecule has 2 aromatic rings. The van der Waals surface area contributed by atoms with E-state index in [4.69, 9.17) is 0 Å². The molecule has 2 nitrogen and oxygen atoms in total. The van der Waals surface area contributed by atoms with Crippen LogP contribution in [0.2, 0.25) is 0 Å².